The van der Waals surface area contributed by atoms with E-state index in [0.29, 0.717) is 16.8 Å². The van der Waals surface area contributed by atoms with E-state index in [2.05, 4.69) is 31.0 Å². The number of aromatic nitrogens is 1. The molecule has 0 aliphatic rings. The van der Waals surface area contributed by atoms with E-state index < -0.39 is 0 Å². The van der Waals surface area contributed by atoms with E-state index in [-0.39, 0.29) is 0 Å². The monoisotopic (exact) mass is 271 g/mol. The first kappa shape index (κ1) is 12.2. The lowest BCUT2D eigenvalue weighted by atomic mass is 10.0. The Morgan fingerprint density at radius 1 is 1.11 bits per heavy atom. The summed E-state index contributed by atoms with van der Waals surface area (Å²) in [5.74, 6) is 1.09. The number of benzene rings is 2. The van der Waals surface area contributed by atoms with E-state index in [4.69, 9.17) is 16.0 Å². The van der Waals surface area contributed by atoms with Crippen molar-refractivity contribution in [2.24, 2.45) is 0 Å². The molecule has 0 spiro atoms. The van der Waals surface area contributed by atoms with Gasteiger partial charge >= 0.3 is 0 Å². The molecule has 2 nitrogen and oxygen atoms in total. The summed E-state index contributed by atoms with van der Waals surface area (Å²) in [6.45, 7) is 4.33. The maximum atomic E-state index is 5.99. The summed E-state index contributed by atoms with van der Waals surface area (Å²) in [5, 5.41) is 0.683. The van der Waals surface area contributed by atoms with Crippen LogP contribution in [-0.4, -0.2) is 4.98 Å². The fraction of sp³-hybridized carbons (Fsp3) is 0.188. The molecule has 0 radical (unpaired) electrons. The summed E-state index contributed by atoms with van der Waals surface area (Å²) < 4.78 is 5.77. The Bertz CT molecular complexity index is 730. The van der Waals surface area contributed by atoms with Gasteiger partial charge in [-0.3, -0.25) is 0 Å². The lowest BCUT2D eigenvalue weighted by molar-refractivity contribution is 0.619. The molecule has 3 aromatic rings. The van der Waals surface area contributed by atoms with Gasteiger partial charge in [-0.1, -0.05) is 37.6 Å². The van der Waals surface area contributed by atoms with Crippen molar-refractivity contribution in [1.29, 1.82) is 0 Å². The summed E-state index contributed by atoms with van der Waals surface area (Å²) in [6.07, 6.45) is 0. The molecular weight excluding hydrogens is 258 g/mol. The molecule has 1 aromatic heterocycles. The average molecular weight is 272 g/mol. The molecule has 3 rings (SSSR count). The SMILES string of the molecule is CC(C)c1ccc2oc(-c3cccc(Cl)c3)nc2c1. The molecular formula is C16H14ClNO. The second-order valence-electron chi connectivity index (χ2n) is 4.91. The van der Waals surface area contributed by atoms with Crippen molar-refractivity contribution in [3.63, 3.8) is 0 Å². The number of hydrogen-bond donors (Lipinski definition) is 0. The molecule has 96 valence electrons. The van der Waals surface area contributed by atoms with E-state index in [9.17, 15) is 0 Å². The molecule has 0 unspecified atom stereocenters. The normalized spacial score (nSPS) is 11.4. The highest BCUT2D eigenvalue weighted by Gasteiger charge is 2.10. The molecule has 0 bridgehead atoms. The highest BCUT2D eigenvalue weighted by atomic mass is 35.5. The van der Waals surface area contributed by atoms with E-state index in [1.54, 1.807) is 0 Å². The second kappa shape index (κ2) is 4.71. The molecule has 19 heavy (non-hydrogen) atoms. The standard InChI is InChI=1S/C16H14ClNO/c1-10(2)11-6-7-15-14(9-11)18-16(19-15)12-4-3-5-13(17)8-12/h3-10H,1-2H3. The third kappa shape index (κ3) is 2.36. The van der Waals surface area contributed by atoms with Crippen LogP contribution in [0, 0.1) is 0 Å². The van der Waals surface area contributed by atoms with Gasteiger partial charge in [-0.15, -0.1) is 0 Å². The Hall–Kier alpha value is -1.80. The lowest BCUT2D eigenvalue weighted by Gasteiger charge is -2.02. The molecule has 3 heteroatoms. The summed E-state index contributed by atoms with van der Waals surface area (Å²) in [6, 6.07) is 13.7. The molecule has 2 aromatic carbocycles. The number of halogens is 1. The van der Waals surface area contributed by atoms with Crippen LogP contribution in [0.25, 0.3) is 22.6 Å². The summed E-state index contributed by atoms with van der Waals surface area (Å²) in [4.78, 5) is 4.54. The molecule has 1 heterocycles. The minimum Gasteiger partial charge on any atom is -0.436 e. The van der Waals surface area contributed by atoms with Crippen LogP contribution in [0.1, 0.15) is 25.3 Å². The van der Waals surface area contributed by atoms with Gasteiger partial charge < -0.3 is 4.42 Å². The number of fused-ring (bicyclic) bond motifs is 1. The highest BCUT2D eigenvalue weighted by Crippen LogP contribution is 2.28. The fourth-order valence-corrected chi connectivity index (χ4v) is 2.24. The van der Waals surface area contributed by atoms with Gasteiger partial charge in [0.25, 0.3) is 0 Å². The van der Waals surface area contributed by atoms with Gasteiger partial charge in [0, 0.05) is 10.6 Å². The Morgan fingerprint density at radius 3 is 2.68 bits per heavy atom. The van der Waals surface area contributed by atoms with Crippen LogP contribution < -0.4 is 0 Å². The summed E-state index contributed by atoms with van der Waals surface area (Å²) >= 11 is 5.99. The molecule has 0 atom stereocenters. The van der Waals surface area contributed by atoms with Crippen LogP contribution in [0.15, 0.2) is 46.9 Å². The molecule has 0 fully saturated rings. The van der Waals surface area contributed by atoms with Crippen LogP contribution in [0.3, 0.4) is 0 Å². The van der Waals surface area contributed by atoms with E-state index in [0.717, 1.165) is 16.7 Å². The first-order valence-corrected chi connectivity index (χ1v) is 6.68. The zero-order valence-electron chi connectivity index (χ0n) is 10.9. The quantitative estimate of drug-likeness (QED) is 0.634. The van der Waals surface area contributed by atoms with Gasteiger partial charge in [0.05, 0.1) is 0 Å². The van der Waals surface area contributed by atoms with Crippen molar-refractivity contribution >= 4 is 22.7 Å². The number of rotatable bonds is 2. The van der Waals surface area contributed by atoms with Gasteiger partial charge in [0.1, 0.15) is 5.52 Å². The highest BCUT2D eigenvalue weighted by molar-refractivity contribution is 6.30. The molecule has 0 saturated carbocycles. The van der Waals surface area contributed by atoms with E-state index >= 15 is 0 Å². The molecule has 0 aliphatic heterocycles. The maximum absolute atomic E-state index is 5.99. The Labute approximate surface area is 117 Å². The molecule has 0 saturated heterocycles. The van der Waals surface area contributed by atoms with Crippen molar-refractivity contribution in [2.45, 2.75) is 19.8 Å². The van der Waals surface area contributed by atoms with Gasteiger partial charge in [-0.2, -0.15) is 0 Å². The number of hydrogen-bond acceptors (Lipinski definition) is 2. The number of nitrogens with zero attached hydrogens (tertiary/aromatic N) is 1. The lowest BCUT2D eigenvalue weighted by Crippen LogP contribution is -1.85. The topological polar surface area (TPSA) is 26.0 Å². The Kier molecular flexibility index (Phi) is 3.03. The zero-order valence-corrected chi connectivity index (χ0v) is 11.6. The second-order valence-corrected chi connectivity index (χ2v) is 5.35. The fourth-order valence-electron chi connectivity index (χ4n) is 2.05. The van der Waals surface area contributed by atoms with Crippen LogP contribution in [-0.2, 0) is 0 Å². The minimum absolute atomic E-state index is 0.482. The van der Waals surface area contributed by atoms with E-state index in [1.807, 2.05) is 30.3 Å². The van der Waals surface area contributed by atoms with Gasteiger partial charge in [-0.05, 0) is 41.8 Å². The Balaban J connectivity index is 2.11. The predicted molar refractivity (Wildman–Crippen MR) is 78.5 cm³/mol. The summed E-state index contributed by atoms with van der Waals surface area (Å²) in [5.41, 5.74) is 3.86. The van der Waals surface area contributed by atoms with Crippen LogP contribution in [0.2, 0.25) is 5.02 Å². The maximum Gasteiger partial charge on any atom is 0.227 e. The Morgan fingerprint density at radius 2 is 1.95 bits per heavy atom. The smallest absolute Gasteiger partial charge is 0.227 e. The van der Waals surface area contributed by atoms with Gasteiger partial charge in [-0.25, -0.2) is 4.98 Å². The summed E-state index contributed by atoms with van der Waals surface area (Å²) in [7, 11) is 0. The largest absolute Gasteiger partial charge is 0.436 e. The zero-order chi connectivity index (χ0) is 13.4. The van der Waals surface area contributed by atoms with Crippen LogP contribution >= 0.6 is 11.6 Å². The van der Waals surface area contributed by atoms with E-state index in [1.165, 1.54) is 5.56 Å². The van der Waals surface area contributed by atoms with Gasteiger partial charge in [0.2, 0.25) is 5.89 Å². The predicted octanol–water partition coefficient (Wildman–Crippen LogP) is 5.27. The van der Waals surface area contributed by atoms with Crippen LogP contribution in [0.4, 0.5) is 0 Å². The van der Waals surface area contributed by atoms with Crippen molar-refractivity contribution in [2.75, 3.05) is 0 Å². The molecule has 0 N–H and O–H groups in total. The van der Waals surface area contributed by atoms with Gasteiger partial charge in [0.15, 0.2) is 5.58 Å². The van der Waals surface area contributed by atoms with Crippen molar-refractivity contribution in [1.82, 2.24) is 4.98 Å². The third-order valence-corrected chi connectivity index (χ3v) is 3.38. The first-order valence-electron chi connectivity index (χ1n) is 6.30. The minimum atomic E-state index is 0.482. The van der Waals surface area contributed by atoms with Crippen LogP contribution in [0.5, 0.6) is 0 Å². The number of oxazole rings is 1. The van der Waals surface area contributed by atoms with Crippen molar-refractivity contribution in [3.8, 4) is 11.5 Å². The van der Waals surface area contributed by atoms with Crippen molar-refractivity contribution < 1.29 is 4.42 Å². The first-order chi connectivity index (χ1) is 9.13. The third-order valence-electron chi connectivity index (χ3n) is 3.15. The average Bonchev–Trinajstić information content (AvgIpc) is 2.81. The van der Waals surface area contributed by atoms with Crippen molar-refractivity contribution in [3.05, 3.63) is 53.1 Å². The molecule has 0 amide bonds. The molecule has 0 aliphatic carbocycles.